The standard InChI is InChI=1S/C12H19NO3S.C9H11ClO3S.C3H9N.2CO2.ClH/c1-6-13(4)17(14,15)12-9(2)7-11(16-5)8-10(12)3;1-6-4-8(13-3)5-7(2)9(6)14(10,11)12;1-3-4-2;2*2-1-3;/h7-8H,6H2,1-5H3;4-5H,1-3H3;4H,3H2,1-2H3;;;1H. The molecule has 0 fully saturated rings. The van der Waals surface area contributed by atoms with E-state index >= 15 is 0 Å². The third-order valence-electron chi connectivity index (χ3n) is 5.05. The number of rotatable bonds is 7. The fourth-order valence-electron chi connectivity index (χ4n) is 3.17. The van der Waals surface area contributed by atoms with E-state index in [0.717, 1.165) is 6.54 Å². The Balaban J connectivity index is -0.000000259. The van der Waals surface area contributed by atoms with Crippen LogP contribution in [0.25, 0.3) is 0 Å². The van der Waals surface area contributed by atoms with E-state index in [0.29, 0.717) is 45.2 Å². The number of ether oxygens (including phenoxy) is 2. The fraction of sp³-hybridized carbons (Fsp3) is 0.462. The summed E-state index contributed by atoms with van der Waals surface area (Å²) in [6.07, 6.45) is 0.500. The van der Waals surface area contributed by atoms with Gasteiger partial charge in [0.1, 0.15) is 11.5 Å². The van der Waals surface area contributed by atoms with Crippen molar-refractivity contribution in [3.8, 4) is 11.5 Å². The molecule has 0 saturated carbocycles. The van der Waals surface area contributed by atoms with E-state index in [1.165, 1.54) is 11.4 Å². The van der Waals surface area contributed by atoms with Crippen LogP contribution in [0.3, 0.4) is 0 Å². The molecule has 1 N–H and O–H groups in total. The molecule has 2 aromatic carbocycles. The number of methoxy groups -OCH3 is 2. The minimum Gasteiger partial charge on any atom is -0.497 e. The van der Waals surface area contributed by atoms with Gasteiger partial charge in [0, 0.05) is 24.3 Å². The lowest BCUT2D eigenvalue weighted by molar-refractivity contribution is -0.193. The molecule has 16 heteroatoms. The van der Waals surface area contributed by atoms with Crippen molar-refractivity contribution in [2.45, 2.75) is 51.3 Å². The van der Waals surface area contributed by atoms with Crippen molar-refractivity contribution in [1.29, 1.82) is 0 Å². The molecule has 0 radical (unpaired) electrons. The number of hydrogen-bond donors (Lipinski definition) is 1. The Kier molecular flexibility index (Phi) is 26.1. The largest absolute Gasteiger partial charge is 0.497 e. The summed E-state index contributed by atoms with van der Waals surface area (Å²) in [7, 11) is 4.84. The molecule has 12 nitrogen and oxygen atoms in total. The first kappa shape index (κ1) is 46.2. The number of nitrogens with zero attached hydrogens (tertiary/aromatic N) is 1. The number of aryl methyl sites for hydroxylation is 4. The Bertz CT molecular complexity index is 1310. The molecule has 0 bridgehead atoms. The highest BCUT2D eigenvalue weighted by Gasteiger charge is 2.24. The van der Waals surface area contributed by atoms with Gasteiger partial charge in [-0.15, -0.1) is 12.4 Å². The van der Waals surface area contributed by atoms with Gasteiger partial charge >= 0.3 is 12.3 Å². The van der Waals surface area contributed by atoms with E-state index < -0.39 is 19.1 Å². The van der Waals surface area contributed by atoms with Gasteiger partial charge in [0.05, 0.1) is 24.0 Å². The quantitative estimate of drug-likeness (QED) is 0.425. The molecule has 2 rings (SSSR count). The predicted molar refractivity (Wildman–Crippen MR) is 160 cm³/mol. The zero-order chi connectivity index (χ0) is 33.0. The summed E-state index contributed by atoms with van der Waals surface area (Å²) in [6.45, 7) is 12.3. The van der Waals surface area contributed by atoms with Crippen LogP contribution in [-0.2, 0) is 38.3 Å². The minimum atomic E-state index is -3.67. The van der Waals surface area contributed by atoms with E-state index in [1.54, 1.807) is 66.1 Å². The second-order valence-electron chi connectivity index (χ2n) is 7.91. The average Bonchev–Trinajstić information content (AvgIpc) is 2.87. The molecular formula is C26H40Cl2N2O10S2. The third-order valence-corrected chi connectivity index (χ3v) is 8.88. The van der Waals surface area contributed by atoms with Gasteiger partial charge in [-0.25, -0.2) is 21.1 Å². The molecule has 240 valence electrons. The molecule has 0 aliphatic heterocycles. The maximum absolute atomic E-state index is 12.3. The molecule has 0 spiro atoms. The Hall–Kier alpha value is -2.80. The third kappa shape index (κ3) is 16.6. The topological polar surface area (TPSA) is 170 Å². The molecule has 0 aliphatic carbocycles. The lowest BCUT2D eigenvalue weighted by Crippen LogP contribution is -2.27. The summed E-state index contributed by atoms with van der Waals surface area (Å²) in [6, 6.07) is 6.76. The fourth-order valence-corrected chi connectivity index (χ4v) is 6.37. The van der Waals surface area contributed by atoms with E-state index in [1.807, 2.05) is 14.0 Å². The van der Waals surface area contributed by atoms with Crippen LogP contribution in [0.15, 0.2) is 34.1 Å². The summed E-state index contributed by atoms with van der Waals surface area (Å²) >= 11 is 0. The number of hydrogen-bond acceptors (Lipinski definition) is 11. The van der Waals surface area contributed by atoms with Crippen LogP contribution >= 0.6 is 23.1 Å². The van der Waals surface area contributed by atoms with E-state index in [4.69, 9.17) is 39.3 Å². The van der Waals surface area contributed by atoms with Crippen LogP contribution < -0.4 is 14.8 Å². The SMILES string of the molecule is CCN(C)S(=O)(=O)c1c(C)cc(OC)cc1C.CCNC.COc1cc(C)c(S(=O)(=O)Cl)c(C)c1.Cl.O=C=O.O=C=O. The van der Waals surface area contributed by atoms with Crippen LogP contribution in [0.5, 0.6) is 11.5 Å². The molecular weight excluding hydrogens is 635 g/mol. The highest BCUT2D eigenvalue weighted by molar-refractivity contribution is 8.13. The first-order chi connectivity index (χ1) is 18.9. The Labute approximate surface area is 259 Å². The van der Waals surface area contributed by atoms with Crippen molar-refractivity contribution in [2.75, 3.05) is 41.4 Å². The monoisotopic (exact) mass is 674 g/mol. The highest BCUT2D eigenvalue weighted by Crippen LogP contribution is 2.28. The molecule has 0 atom stereocenters. The van der Waals surface area contributed by atoms with Gasteiger partial charge in [-0.05, 0) is 87.8 Å². The summed E-state index contributed by atoms with van der Waals surface area (Å²) < 4.78 is 58.4. The van der Waals surface area contributed by atoms with Crippen molar-refractivity contribution in [2.24, 2.45) is 0 Å². The maximum Gasteiger partial charge on any atom is 0.373 e. The van der Waals surface area contributed by atoms with Crippen molar-refractivity contribution < 1.29 is 45.5 Å². The van der Waals surface area contributed by atoms with Crippen LogP contribution in [0.1, 0.15) is 36.1 Å². The molecule has 0 heterocycles. The second-order valence-corrected chi connectivity index (χ2v) is 12.4. The number of sulfonamides is 1. The van der Waals surface area contributed by atoms with Gasteiger partial charge in [-0.1, -0.05) is 13.8 Å². The zero-order valence-electron chi connectivity index (χ0n) is 25.4. The molecule has 2 aromatic rings. The number of halogens is 2. The molecule has 0 amide bonds. The van der Waals surface area contributed by atoms with Gasteiger partial charge in [0.2, 0.25) is 10.0 Å². The number of nitrogens with one attached hydrogen (secondary N) is 1. The highest BCUT2D eigenvalue weighted by atomic mass is 35.7. The number of benzene rings is 2. The molecule has 0 aromatic heterocycles. The number of carbonyl (C=O) groups excluding carboxylic acids is 4. The van der Waals surface area contributed by atoms with Crippen LogP contribution in [0, 0.1) is 27.7 Å². The van der Waals surface area contributed by atoms with Crippen molar-refractivity contribution >= 4 is 54.5 Å². The Morgan fingerprint density at radius 3 is 1.21 bits per heavy atom. The van der Waals surface area contributed by atoms with E-state index in [2.05, 4.69) is 12.2 Å². The van der Waals surface area contributed by atoms with E-state index in [9.17, 15) is 16.8 Å². The smallest absolute Gasteiger partial charge is 0.373 e. The minimum absolute atomic E-state index is 0. The van der Waals surface area contributed by atoms with Crippen LogP contribution in [0.2, 0.25) is 0 Å². The second kappa shape index (κ2) is 23.7. The molecule has 0 aliphatic rings. The Morgan fingerprint density at radius 2 is 1.02 bits per heavy atom. The summed E-state index contributed by atoms with van der Waals surface area (Å²) in [5, 5.41) is 2.93. The first-order valence-corrected chi connectivity index (χ1v) is 15.5. The van der Waals surface area contributed by atoms with Gasteiger partial charge in [-0.3, -0.25) is 0 Å². The predicted octanol–water partition coefficient (Wildman–Crippen LogP) is 3.67. The maximum atomic E-state index is 12.3. The van der Waals surface area contributed by atoms with Crippen LogP contribution in [-0.4, -0.2) is 74.8 Å². The van der Waals surface area contributed by atoms with Gasteiger partial charge in [0.15, 0.2) is 0 Å². The van der Waals surface area contributed by atoms with Crippen LogP contribution in [0.4, 0.5) is 0 Å². The van der Waals surface area contributed by atoms with Gasteiger partial charge in [-0.2, -0.15) is 19.2 Å². The summed E-state index contributed by atoms with van der Waals surface area (Å²) in [4.78, 5) is 33.0. The first-order valence-electron chi connectivity index (χ1n) is 11.8. The average molecular weight is 676 g/mol. The summed E-state index contributed by atoms with van der Waals surface area (Å²) in [5.74, 6) is 1.31. The molecule has 0 saturated heterocycles. The molecule has 42 heavy (non-hydrogen) atoms. The van der Waals surface area contributed by atoms with Crippen molar-refractivity contribution in [3.63, 3.8) is 0 Å². The lowest BCUT2D eigenvalue weighted by Gasteiger charge is -2.19. The van der Waals surface area contributed by atoms with E-state index in [-0.39, 0.29) is 29.6 Å². The van der Waals surface area contributed by atoms with Crippen molar-refractivity contribution in [1.82, 2.24) is 9.62 Å². The zero-order valence-corrected chi connectivity index (χ0v) is 28.6. The molecule has 0 unspecified atom stereocenters. The van der Waals surface area contributed by atoms with Gasteiger partial charge < -0.3 is 14.8 Å². The lowest BCUT2D eigenvalue weighted by atomic mass is 10.1. The van der Waals surface area contributed by atoms with Crippen molar-refractivity contribution in [3.05, 3.63) is 46.5 Å². The summed E-state index contributed by atoms with van der Waals surface area (Å²) in [5.41, 5.74) is 2.61. The van der Waals surface area contributed by atoms with Gasteiger partial charge in [0.25, 0.3) is 9.05 Å². The normalized spacial score (nSPS) is 9.71. The Morgan fingerprint density at radius 1 is 0.762 bits per heavy atom.